The molecule has 0 spiro atoms. The second-order valence-corrected chi connectivity index (χ2v) is 12.3. The highest BCUT2D eigenvalue weighted by Gasteiger charge is 2.28. The van der Waals surface area contributed by atoms with Gasteiger partial charge in [0, 0.05) is 24.4 Å². The number of ketones is 1. The molecular formula is C29H38FN5O5. The van der Waals surface area contributed by atoms with Crippen LogP contribution in [0.3, 0.4) is 0 Å². The first-order valence-corrected chi connectivity index (χ1v) is 13.1. The van der Waals surface area contributed by atoms with Crippen LogP contribution in [0.25, 0.3) is 11.3 Å². The van der Waals surface area contributed by atoms with Crippen molar-refractivity contribution in [1.82, 2.24) is 14.9 Å². The number of nitrogens with zero attached hydrogens (tertiary/aromatic N) is 3. The lowest BCUT2D eigenvalue weighted by Gasteiger charge is -2.20. The van der Waals surface area contributed by atoms with Crippen LogP contribution >= 0.6 is 0 Å². The van der Waals surface area contributed by atoms with Crippen molar-refractivity contribution in [2.45, 2.75) is 86.3 Å². The zero-order chi connectivity index (χ0) is 30.0. The number of anilines is 1. The van der Waals surface area contributed by atoms with Crippen LogP contribution in [0.5, 0.6) is 0 Å². The topological polar surface area (TPSA) is 142 Å². The van der Waals surface area contributed by atoms with Crippen LogP contribution in [0.15, 0.2) is 28.8 Å². The Hall–Kier alpha value is -4.02. The molecule has 0 bridgehead atoms. The summed E-state index contributed by atoms with van der Waals surface area (Å²) >= 11 is 0. The molecule has 0 fully saturated rings. The van der Waals surface area contributed by atoms with Crippen molar-refractivity contribution in [2.75, 3.05) is 5.32 Å². The van der Waals surface area contributed by atoms with Crippen LogP contribution < -0.4 is 11.1 Å². The fourth-order valence-electron chi connectivity index (χ4n) is 4.09. The molecule has 11 heteroatoms. The Morgan fingerprint density at radius 2 is 1.70 bits per heavy atom. The maximum absolute atomic E-state index is 14.7. The molecule has 10 nitrogen and oxygen atoms in total. The number of carbonyl (C=O) groups excluding carboxylic acids is 3. The highest BCUT2D eigenvalue weighted by Crippen LogP contribution is 2.32. The highest BCUT2D eigenvalue weighted by molar-refractivity contribution is 6.06. The van der Waals surface area contributed by atoms with Crippen molar-refractivity contribution in [3.8, 4) is 11.3 Å². The molecule has 2 heterocycles. The van der Waals surface area contributed by atoms with E-state index in [0.29, 0.717) is 17.5 Å². The van der Waals surface area contributed by atoms with Gasteiger partial charge in [-0.3, -0.25) is 14.9 Å². The van der Waals surface area contributed by atoms with Gasteiger partial charge in [-0.25, -0.2) is 13.9 Å². The summed E-state index contributed by atoms with van der Waals surface area (Å²) < 4.78 is 26.6. The van der Waals surface area contributed by atoms with E-state index in [1.54, 1.807) is 45.0 Å². The predicted octanol–water partition coefficient (Wildman–Crippen LogP) is 5.65. The van der Waals surface area contributed by atoms with Gasteiger partial charge in [-0.1, -0.05) is 50.2 Å². The summed E-state index contributed by atoms with van der Waals surface area (Å²) in [5.74, 6) is -1.53. The van der Waals surface area contributed by atoms with Gasteiger partial charge < -0.3 is 15.0 Å². The van der Waals surface area contributed by atoms with Gasteiger partial charge in [0.2, 0.25) is 0 Å². The summed E-state index contributed by atoms with van der Waals surface area (Å²) in [6, 6.07) is 6.63. The quantitative estimate of drug-likeness (QED) is 0.347. The van der Waals surface area contributed by atoms with Crippen LogP contribution in [-0.2, 0) is 28.8 Å². The number of benzene rings is 1. The van der Waals surface area contributed by atoms with Crippen LogP contribution in [0, 0.1) is 11.2 Å². The van der Waals surface area contributed by atoms with Crippen molar-refractivity contribution in [2.24, 2.45) is 11.1 Å². The Labute approximate surface area is 233 Å². The van der Waals surface area contributed by atoms with Gasteiger partial charge in [-0.15, -0.1) is 0 Å². The molecule has 0 saturated carbocycles. The molecule has 0 aliphatic heterocycles. The number of hydrogen-bond donors (Lipinski definition) is 2. The Morgan fingerprint density at radius 1 is 1.07 bits per heavy atom. The number of nitrogens with one attached hydrogen (secondary N) is 1. The lowest BCUT2D eigenvalue weighted by molar-refractivity contribution is -0.118. The summed E-state index contributed by atoms with van der Waals surface area (Å²) in [6.07, 6.45) is -0.517. The smallest absolute Gasteiger partial charge is 0.413 e. The van der Waals surface area contributed by atoms with E-state index in [0.717, 1.165) is 0 Å². The second kappa shape index (κ2) is 11.6. The third-order valence-electron chi connectivity index (χ3n) is 5.71. The summed E-state index contributed by atoms with van der Waals surface area (Å²) in [5.41, 5.74) is 6.56. The van der Waals surface area contributed by atoms with Gasteiger partial charge in [0.25, 0.3) is 5.91 Å². The molecule has 216 valence electrons. The fraction of sp³-hybridized carbons (Fsp3) is 0.483. The first kappa shape index (κ1) is 30.5. The molecule has 0 aliphatic carbocycles. The van der Waals surface area contributed by atoms with E-state index in [1.807, 2.05) is 34.6 Å². The Kier molecular flexibility index (Phi) is 8.86. The van der Waals surface area contributed by atoms with Crippen LogP contribution in [-0.4, -0.2) is 38.3 Å². The lowest BCUT2D eigenvalue weighted by atomic mass is 9.90. The maximum atomic E-state index is 14.7. The van der Waals surface area contributed by atoms with E-state index in [-0.39, 0.29) is 58.6 Å². The minimum Gasteiger partial charge on any atom is -0.444 e. The number of nitrogens with two attached hydrogens (primary N) is 1. The average molecular weight is 556 g/mol. The molecule has 3 N–H and O–H groups in total. The third-order valence-corrected chi connectivity index (χ3v) is 5.71. The molecule has 0 atom stereocenters. The molecule has 1 aromatic carbocycles. The zero-order valence-electron chi connectivity index (χ0n) is 24.3. The fourth-order valence-corrected chi connectivity index (χ4v) is 4.09. The van der Waals surface area contributed by atoms with Gasteiger partial charge in [0.15, 0.2) is 11.6 Å². The van der Waals surface area contributed by atoms with Gasteiger partial charge >= 0.3 is 6.09 Å². The van der Waals surface area contributed by atoms with Crippen molar-refractivity contribution in [1.29, 1.82) is 0 Å². The molecule has 0 radical (unpaired) electrons. The number of aromatic nitrogens is 3. The maximum Gasteiger partial charge on any atom is 0.413 e. The van der Waals surface area contributed by atoms with Gasteiger partial charge in [-0.2, -0.15) is 5.10 Å². The van der Waals surface area contributed by atoms with Crippen LogP contribution in [0.4, 0.5) is 15.0 Å². The van der Waals surface area contributed by atoms with Crippen molar-refractivity contribution >= 4 is 23.6 Å². The lowest BCUT2D eigenvalue weighted by Crippen LogP contribution is -2.29. The molecule has 3 aromatic rings. The minimum absolute atomic E-state index is 0.0373. The van der Waals surface area contributed by atoms with Crippen LogP contribution in [0.2, 0.25) is 0 Å². The number of Topliss-reactive ketones (excluding diaryl/α,β-unsaturated/α-hetero) is 1. The molecule has 3 rings (SSSR count). The Morgan fingerprint density at radius 3 is 2.23 bits per heavy atom. The van der Waals surface area contributed by atoms with E-state index in [2.05, 4.69) is 15.6 Å². The molecule has 0 aliphatic rings. The third kappa shape index (κ3) is 7.77. The molecule has 2 amide bonds. The van der Waals surface area contributed by atoms with Crippen LogP contribution in [0.1, 0.15) is 88.8 Å². The summed E-state index contributed by atoms with van der Waals surface area (Å²) in [5, 5.41) is 11.0. The minimum atomic E-state index is -0.771. The highest BCUT2D eigenvalue weighted by atomic mass is 19.1. The standard InChI is InChI=1S/C29H38FN5O5/c1-16(2)35-26(32-27(38)39-29(6,7)8)22(25(31)37)24(33-35)18-11-9-17(10-12-18)13-19(36)14-21-23(30)20(34-40-21)15-28(3,4)5/h9-12,16H,13-15H2,1-8H3,(H2,31,37)(H,32,38). The van der Waals surface area contributed by atoms with Gasteiger partial charge in [0.05, 0.1) is 6.42 Å². The number of amides is 2. The largest absolute Gasteiger partial charge is 0.444 e. The number of primary amides is 1. The van der Waals surface area contributed by atoms with Crippen molar-refractivity contribution in [3.05, 3.63) is 52.7 Å². The number of rotatable bonds is 9. The monoisotopic (exact) mass is 555 g/mol. The Balaban J connectivity index is 1.81. The second-order valence-electron chi connectivity index (χ2n) is 12.3. The SMILES string of the molecule is CC(C)n1nc(-c2ccc(CC(=O)Cc3onc(CC(C)(C)C)c3F)cc2)c(C(N)=O)c1NC(=O)OC(C)(C)C. The van der Waals surface area contributed by atoms with Crippen molar-refractivity contribution in [3.63, 3.8) is 0 Å². The number of ether oxygens (including phenoxy) is 1. The predicted molar refractivity (Wildman–Crippen MR) is 148 cm³/mol. The first-order chi connectivity index (χ1) is 18.4. The van der Waals surface area contributed by atoms with E-state index < -0.39 is 23.4 Å². The number of carbonyl (C=O) groups is 3. The summed E-state index contributed by atoms with van der Waals surface area (Å²) in [4.78, 5) is 37.7. The number of halogens is 1. The normalized spacial score (nSPS) is 12.1. The molecule has 0 unspecified atom stereocenters. The van der Waals surface area contributed by atoms with E-state index in [9.17, 15) is 18.8 Å². The zero-order valence-corrected chi connectivity index (χ0v) is 24.3. The number of hydrogen-bond acceptors (Lipinski definition) is 7. The van der Waals surface area contributed by atoms with Crippen molar-refractivity contribution < 1.29 is 28.0 Å². The summed E-state index contributed by atoms with van der Waals surface area (Å²) in [7, 11) is 0. The summed E-state index contributed by atoms with van der Waals surface area (Å²) in [6.45, 7) is 14.8. The van der Waals surface area contributed by atoms with E-state index in [4.69, 9.17) is 15.0 Å². The van der Waals surface area contributed by atoms with E-state index in [1.165, 1.54) is 4.68 Å². The average Bonchev–Trinajstić information content (AvgIpc) is 3.33. The van der Waals surface area contributed by atoms with Gasteiger partial charge in [0.1, 0.15) is 34.2 Å². The Bertz CT molecular complexity index is 1390. The molecule has 0 saturated heterocycles. The van der Waals surface area contributed by atoms with E-state index >= 15 is 0 Å². The molecule has 40 heavy (non-hydrogen) atoms. The molecular weight excluding hydrogens is 517 g/mol. The molecule has 2 aromatic heterocycles. The first-order valence-electron chi connectivity index (χ1n) is 13.1. The van der Waals surface area contributed by atoms with Gasteiger partial charge in [-0.05, 0) is 45.6 Å².